The van der Waals surface area contributed by atoms with Crippen LogP contribution in [-0.2, 0) is 14.4 Å². The number of carbonyl (C=O) groups is 3. The van der Waals surface area contributed by atoms with E-state index in [4.69, 9.17) is 30.5 Å². The molecule has 2 heterocycles. The van der Waals surface area contributed by atoms with E-state index >= 15 is 0 Å². The molecule has 0 amide bonds. The standard InChI is InChI=1S/C35H36ClNO8/c1-3-37(4-2)19-9-6-10-20-42-25-15-13-23(14-16-25)30(31(36)24-11-7-5-8-12-24)26-17-18-27-33-32(26)44-29(39)22-35(41,34(40)45-33)21-28(38)43-27/h5,7-8,11-18,41H,3-4,6,9-10,19-22H2,1-2H3/b31-30+. The summed E-state index contributed by atoms with van der Waals surface area (Å²) in [5.41, 5.74) is -0.283. The highest BCUT2D eigenvalue weighted by Crippen LogP contribution is 2.49. The van der Waals surface area contributed by atoms with Crippen molar-refractivity contribution < 1.29 is 38.4 Å². The van der Waals surface area contributed by atoms with Crippen molar-refractivity contribution in [2.75, 3.05) is 26.2 Å². The van der Waals surface area contributed by atoms with E-state index in [1.54, 1.807) is 6.07 Å². The molecule has 0 aromatic heterocycles. The summed E-state index contributed by atoms with van der Waals surface area (Å²) in [6.07, 6.45) is 1.59. The van der Waals surface area contributed by atoms with Gasteiger partial charge in [0.1, 0.15) is 5.75 Å². The lowest BCUT2D eigenvalue weighted by atomic mass is 9.92. The Morgan fingerprint density at radius 1 is 0.822 bits per heavy atom. The molecule has 1 unspecified atom stereocenters. The van der Waals surface area contributed by atoms with Gasteiger partial charge in [0.05, 0.1) is 24.5 Å². The highest BCUT2D eigenvalue weighted by Gasteiger charge is 2.48. The molecule has 0 radical (unpaired) electrons. The molecular weight excluding hydrogens is 598 g/mol. The van der Waals surface area contributed by atoms with Crippen LogP contribution in [0.5, 0.6) is 23.0 Å². The fourth-order valence-corrected chi connectivity index (χ4v) is 5.73. The molecule has 0 aliphatic carbocycles. The van der Waals surface area contributed by atoms with Crippen LogP contribution in [0.1, 0.15) is 62.6 Å². The third-order valence-electron chi connectivity index (χ3n) is 7.90. The monoisotopic (exact) mass is 633 g/mol. The van der Waals surface area contributed by atoms with E-state index < -0.39 is 36.4 Å². The van der Waals surface area contributed by atoms with E-state index in [1.807, 2.05) is 54.6 Å². The lowest BCUT2D eigenvalue weighted by Crippen LogP contribution is -2.48. The summed E-state index contributed by atoms with van der Waals surface area (Å²) in [7, 11) is 0. The maximum Gasteiger partial charge on any atom is 0.345 e. The van der Waals surface area contributed by atoms with Crippen LogP contribution in [-0.4, -0.2) is 59.8 Å². The van der Waals surface area contributed by atoms with Gasteiger partial charge in [-0.15, -0.1) is 0 Å². The van der Waals surface area contributed by atoms with Crippen LogP contribution in [0.4, 0.5) is 0 Å². The lowest BCUT2D eigenvalue weighted by Gasteiger charge is -2.30. The first-order chi connectivity index (χ1) is 21.7. The molecule has 5 rings (SSSR count). The molecular formula is C35H36ClNO8. The van der Waals surface area contributed by atoms with Gasteiger partial charge in [0.15, 0.2) is 17.1 Å². The van der Waals surface area contributed by atoms with Crippen molar-refractivity contribution in [2.24, 2.45) is 0 Å². The first-order valence-electron chi connectivity index (χ1n) is 15.2. The molecule has 0 saturated carbocycles. The summed E-state index contributed by atoms with van der Waals surface area (Å²) in [6, 6.07) is 19.6. The molecule has 3 aromatic rings. The zero-order valence-corrected chi connectivity index (χ0v) is 26.1. The number of unbranched alkanes of at least 4 members (excludes halogenated alkanes) is 2. The number of esters is 3. The Balaban J connectivity index is 1.48. The average molecular weight is 634 g/mol. The Labute approximate surface area is 267 Å². The molecule has 9 nitrogen and oxygen atoms in total. The van der Waals surface area contributed by atoms with E-state index in [2.05, 4.69) is 18.7 Å². The normalized spacial score (nSPS) is 18.2. The fraction of sp³-hybridized carbons (Fsp3) is 0.343. The van der Waals surface area contributed by atoms with E-state index in [1.165, 1.54) is 6.07 Å². The smallest absolute Gasteiger partial charge is 0.345 e. The molecule has 3 aromatic carbocycles. The van der Waals surface area contributed by atoms with Crippen LogP contribution in [0.3, 0.4) is 0 Å². The maximum absolute atomic E-state index is 13.0. The second-order valence-electron chi connectivity index (χ2n) is 11.0. The van der Waals surface area contributed by atoms with Gasteiger partial charge < -0.3 is 29.0 Å². The Morgan fingerprint density at radius 2 is 1.51 bits per heavy atom. The minimum Gasteiger partial charge on any atom is -0.494 e. The summed E-state index contributed by atoms with van der Waals surface area (Å²) in [5, 5.41) is 11.1. The largest absolute Gasteiger partial charge is 0.494 e. The second kappa shape index (κ2) is 14.3. The molecule has 1 atom stereocenters. The highest BCUT2D eigenvalue weighted by molar-refractivity contribution is 6.53. The first kappa shape index (κ1) is 32.2. The van der Waals surface area contributed by atoms with Gasteiger partial charge in [-0.3, -0.25) is 9.59 Å². The summed E-state index contributed by atoms with van der Waals surface area (Å²) < 4.78 is 22.6. The lowest BCUT2D eigenvalue weighted by molar-refractivity contribution is -0.170. The molecule has 0 saturated heterocycles. The third-order valence-corrected chi connectivity index (χ3v) is 8.31. The summed E-state index contributed by atoms with van der Waals surface area (Å²) in [6.45, 7) is 8.14. The van der Waals surface area contributed by atoms with Crippen LogP contribution in [0.2, 0.25) is 0 Å². The quantitative estimate of drug-likeness (QED) is 0.111. The third kappa shape index (κ3) is 7.39. The van der Waals surface area contributed by atoms with Gasteiger partial charge in [-0.05, 0) is 74.3 Å². The Morgan fingerprint density at radius 3 is 2.20 bits per heavy atom. The van der Waals surface area contributed by atoms with Crippen LogP contribution >= 0.6 is 11.6 Å². The predicted molar refractivity (Wildman–Crippen MR) is 169 cm³/mol. The van der Waals surface area contributed by atoms with Crippen LogP contribution in [0.15, 0.2) is 66.7 Å². The van der Waals surface area contributed by atoms with Crippen LogP contribution in [0, 0.1) is 0 Å². The minimum atomic E-state index is -2.42. The van der Waals surface area contributed by atoms with Crippen LogP contribution in [0.25, 0.3) is 10.6 Å². The zero-order valence-electron chi connectivity index (χ0n) is 25.3. The number of ether oxygens (including phenoxy) is 4. The van der Waals surface area contributed by atoms with Crippen molar-refractivity contribution >= 4 is 40.1 Å². The Kier molecular flexibility index (Phi) is 10.2. The number of rotatable bonds is 12. The van der Waals surface area contributed by atoms with E-state index in [9.17, 15) is 19.5 Å². The van der Waals surface area contributed by atoms with Gasteiger partial charge in [0.2, 0.25) is 5.75 Å². The number of aliphatic hydroxyl groups is 1. The molecule has 2 aliphatic rings. The molecule has 45 heavy (non-hydrogen) atoms. The molecule has 0 fully saturated rings. The predicted octanol–water partition coefficient (Wildman–Crippen LogP) is 5.99. The minimum absolute atomic E-state index is 0.125. The number of halogens is 1. The zero-order chi connectivity index (χ0) is 32.0. The number of benzene rings is 3. The van der Waals surface area contributed by atoms with Gasteiger partial charge in [0.25, 0.3) is 0 Å². The van der Waals surface area contributed by atoms with Crippen molar-refractivity contribution in [3.63, 3.8) is 0 Å². The van der Waals surface area contributed by atoms with E-state index in [-0.39, 0.29) is 17.2 Å². The number of carbonyl (C=O) groups excluding carboxylic acids is 3. The Hall–Kier alpha value is -4.18. The highest BCUT2D eigenvalue weighted by atomic mass is 35.5. The second-order valence-corrected chi connectivity index (χ2v) is 11.4. The number of hydrogen-bond donors (Lipinski definition) is 1. The molecule has 2 bridgehead atoms. The summed E-state index contributed by atoms with van der Waals surface area (Å²) >= 11 is 7.06. The molecule has 2 aliphatic heterocycles. The van der Waals surface area contributed by atoms with Crippen LogP contribution < -0.4 is 18.9 Å². The molecule has 1 N–H and O–H groups in total. The average Bonchev–Trinajstić information content (AvgIpc) is 3.03. The molecule has 0 spiro atoms. The number of nitrogens with zero attached hydrogens (tertiary/aromatic N) is 1. The van der Waals surface area contributed by atoms with Crippen molar-refractivity contribution in [1.29, 1.82) is 0 Å². The van der Waals surface area contributed by atoms with Gasteiger partial charge >= 0.3 is 17.9 Å². The summed E-state index contributed by atoms with van der Waals surface area (Å²) in [4.78, 5) is 40.9. The van der Waals surface area contributed by atoms with Gasteiger partial charge in [-0.2, -0.15) is 0 Å². The van der Waals surface area contributed by atoms with E-state index in [0.29, 0.717) is 39.7 Å². The van der Waals surface area contributed by atoms with Gasteiger partial charge in [-0.25, -0.2) is 4.79 Å². The van der Waals surface area contributed by atoms with E-state index in [0.717, 1.165) is 38.9 Å². The molecule has 10 heteroatoms. The topological polar surface area (TPSA) is 112 Å². The summed E-state index contributed by atoms with van der Waals surface area (Å²) in [5.74, 6) is -2.84. The maximum atomic E-state index is 13.0. The van der Waals surface area contributed by atoms with Crippen molar-refractivity contribution in [3.05, 3.63) is 83.4 Å². The van der Waals surface area contributed by atoms with Crippen molar-refractivity contribution in [1.82, 2.24) is 4.90 Å². The SMILES string of the molecule is CCN(CC)CCCCCOc1ccc(/C(=C(\Cl)c2ccccc2)c2ccc3c4c2OC(=O)CC(O)(CC(=O)O3)C(=O)O4)cc1. The number of fused-ring (bicyclic) bond motifs is 2. The van der Waals surface area contributed by atoms with Crippen molar-refractivity contribution in [3.8, 4) is 23.0 Å². The Bertz CT molecular complexity index is 1580. The van der Waals surface area contributed by atoms with Gasteiger partial charge in [0, 0.05) is 11.1 Å². The fourth-order valence-electron chi connectivity index (χ4n) is 5.39. The molecule has 236 valence electrons. The van der Waals surface area contributed by atoms with Gasteiger partial charge in [-0.1, -0.05) is 67.9 Å². The first-order valence-corrected chi connectivity index (χ1v) is 15.5. The van der Waals surface area contributed by atoms with Crippen molar-refractivity contribution in [2.45, 2.75) is 51.6 Å². The number of hydrogen-bond acceptors (Lipinski definition) is 9.